The first-order valence-corrected chi connectivity index (χ1v) is 5.98. The Bertz CT molecular complexity index is 142. The van der Waals surface area contributed by atoms with Crippen molar-refractivity contribution < 1.29 is 9.47 Å². The fraction of sp³-hybridized carbons (Fsp3) is 1.00. The van der Waals surface area contributed by atoms with Crippen LogP contribution in [0.5, 0.6) is 0 Å². The number of hydrogen-bond donors (Lipinski definition) is 0. The van der Waals surface area contributed by atoms with Crippen molar-refractivity contribution in [1.29, 1.82) is 0 Å². The molecule has 13 heavy (non-hydrogen) atoms. The Morgan fingerprint density at radius 1 is 1.54 bits per heavy atom. The normalized spacial score (nSPS) is 23.8. The van der Waals surface area contributed by atoms with E-state index in [4.69, 9.17) is 9.47 Å². The van der Waals surface area contributed by atoms with Crippen LogP contribution < -0.4 is 0 Å². The van der Waals surface area contributed by atoms with Gasteiger partial charge in [-0.15, -0.1) is 0 Å². The first-order chi connectivity index (χ1) is 6.14. The van der Waals surface area contributed by atoms with Crippen LogP contribution in [0.3, 0.4) is 0 Å². The van der Waals surface area contributed by atoms with Gasteiger partial charge in [0.25, 0.3) is 0 Å². The van der Waals surface area contributed by atoms with Crippen LogP contribution in [0, 0.1) is 11.3 Å². The molecule has 1 saturated heterocycles. The third-order valence-electron chi connectivity index (χ3n) is 2.23. The molecule has 0 N–H and O–H groups in total. The number of rotatable bonds is 5. The van der Waals surface area contributed by atoms with Crippen molar-refractivity contribution in [3.63, 3.8) is 0 Å². The van der Waals surface area contributed by atoms with Gasteiger partial charge in [-0.2, -0.15) is 0 Å². The van der Waals surface area contributed by atoms with E-state index in [0.29, 0.717) is 5.92 Å². The Balaban J connectivity index is 2.06. The quantitative estimate of drug-likeness (QED) is 0.699. The van der Waals surface area contributed by atoms with Crippen LogP contribution in [0.25, 0.3) is 0 Å². The smallest absolute Gasteiger partial charge is 0.0525 e. The highest BCUT2D eigenvalue weighted by Crippen LogP contribution is 2.19. The van der Waals surface area contributed by atoms with E-state index in [1.165, 1.54) is 0 Å². The molecule has 1 unspecified atom stereocenters. The lowest BCUT2D eigenvalue weighted by Gasteiger charge is -2.22. The molecule has 0 aromatic rings. The van der Waals surface area contributed by atoms with Gasteiger partial charge in [-0.1, -0.05) is 29.8 Å². The summed E-state index contributed by atoms with van der Waals surface area (Å²) in [5, 5.41) is 0.987. The highest BCUT2D eigenvalue weighted by molar-refractivity contribution is 9.09. The zero-order chi connectivity index (χ0) is 9.73. The third kappa shape index (κ3) is 4.43. The van der Waals surface area contributed by atoms with Crippen LogP contribution in [0.2, 0.25) is 0 Å². The third-order valence-corrected chi connectivity index (χ3v) is 3.75. The van der Waals surface area contributed by atoms with Crippen LogP contribution in [0.1, 0.15) is 20.3 Å². The standard InChI is InChI=1S/C10H19BrO2/c1-10(2,7-11)8-13-6-9-3-4-12-5-9/h9H,3-8H2,1-2H3. The maximum absolute atomic E-state index is 5.66. The monoisotopic (exact) mass is 250 g/mol. The summed E-state index contributed by atoms with van der Waals surface area (Å²) >= 11 is 3.48. The average molecular weight is 251 g/mol. The summed E-state index contributed by atoms with van der Waals surface area (Å²) in [5.74, 6) is 0.631. The van der Waals surface area contributed by atoms with Gasteiger partial charge in [0.1, 0.15) is 0 Å². The molecule has 1 atom stereocenters. The summed E-state index contributed by atoms with van der Waals surface area (Å²) in [5.41, 5.74) is 0.249. The first-order valence-electron chi connectivity index (χ1n) is 4.85. The van der Waals surface area contributed by atoms with Crippen molar-refractivity contribution in [1.82, 2.24) is 0 Å². The molecule has 1 aliphatic heterocycles. The van der Waals surface area contributed by atoms with E-state index < -0.39 is 0 Å². The van der Waals surface area contributed by atoms with E-state index in [9.17, 15) is 0 Å². The minimum Gasteiger partial charge on any atom is -0.381 e. The zero-order valence-corrected chi connectivity index (χ0v) is 10.1. The van der Waals surface area contributed by atoms with Gasteiger partial charge in [-0.05, 0) is 11.8 Å². The molecule has 1 heterocycles. The van der Waals surface area contributed by atoms with Crippen molar-refractivity contribution in [2.24, 2.45) is 11.3 Å². The van der Waals surface area contributed by atoms with Gasteiger partial charge in [-0.25, -0.2) is 0 Å². The van der Waals surface area contributed by atoms with Crippen molar-refractivity contribution in [3.8, 4) is 0 Å². The van der Waals surface area contributed by atoms with Crippen molar-refractivity contribution in [3.05, 3.63) is 0 Å². The van der Waals surface area contributed by atoms with E-state index >= 15 is 0 Å². The van der Waals surface area contributed by atoms with Crippen molar-refractivity contribution in [2.75, 3.05) is 31.8 Å². The highest BCUT2D eigenvalue weighted by Gasteiger charge is 2.19. The lowest BCUT2D eigenvalue weighted by atomic mass is 9.98. The molecule has 78 valence electrons. The Kier molecular flexibility index (Phi) is 4.70. The Morgan fingerprint density at radius 3 is 2.85 bits per heavy atom. The van der Waals surface area contributed by atoms with Gasteiger partial charge in [-0.3, -0.25) is 0 Å². The van der Waals surface area contributed by atoms with E-state index in [2.05, 4.69) is 29.8 Å². The SMILES string of the molecule is CC(C)(CBr)COCC1CCOC1. The number of alkyl halides is 1. The van der Waals surface area contributed by atoms with Crippen LogP contribution in [0.4, 0.5) is 0 Å². The van der Waals surface area contributed by atoms with Crippen LogP contribution in [-0.2, 0) is 9.47 Å². The molecular weight excluding hydrogens is 232 g/mol. The van der Waals surface area contributed by atoms with Gasteiger partial charge < -0.3 is 9.47 Å². The molecule has 0 amide bonds. The second-order valence-corrected chi connectivity index (χ2v) is 5.10. The molecular formula is C10H19BrO2. The molecule has 3 heteroatoms. The molecule has 0 saturated carbocycles. The Labute approximate surface area is 89.1 Å². The average Bonchev–Trinajstić information content (AvgIpc) is 2.57. The maximum Gasteiger partial charge on any atom is 0.0525 e. The van der Waals surface area contributed by atoms with Crippen LogP contribution in [0.15, 0.2) is 0 Å². The Morgan fingerprint density at radius 2 is 2.31 bits per heavy atom. The van der Waals surface area contributed by atoms with Gasteiger partial charge in [0.15, 0.2) is 0 Å². The largest absolute Gasteiger partial charge is 0.381 e. The first kappa shape index (κ1) is 11.5. The fourth-order valence-electron chi connectivity index (χ4n) is 1.26. The summed E-state index contributed by atoms with van der Waals surface area (Å²) in [7, 11) is 0. The maximum atomic E-state index is 5.66. The lowest BCUT2D eigenvalue weighted by Crippen LogP contribution is -2.23. The van der Waals surface area contributed by atoms with E-state index in [1.807, 2.05) is 0 Å². The topological polar surface area (TPSA) is 18.5 Å². The summed E-state index contributed by atoms with van der Waals surface area (Å²) < 4.78 is 10.9. The second-order valence-electron chi connectivity index (χ2n) is 4.54. The second kappa shape index (κ2) is 5.32. The summed E-state index contributed by atoms with van der Waals surface area (Å²) in [4.78, 5) is 0. The van der Waals surface area contributed by atoms with Crippen molar-refractivity contribution >= 4 is 15.9 Å². The van der Waals surface area contributed by atoms with Gasteiger partial charge in [0.2, 0.25) is 0 Å². The summed E-state index contributed by atoms with van der Waals surface area (Å²) in [6, 6.07) is 0. The van der Waals surface area contributed by atoms with E-state index in [0.717, 1.165) is 38.2 Å². The Hall–Kier alpha value is 0.400. The highest BCUT2D eigenvalue weighted by atomic mass is 79.9. The molecule has 1 rings (SSSR count). The number of hydrogen-bond acceptors (Lipinski definition) is 2. The molecule has 0 spiro atoms. The molecule has 0 aromatic carbocycles. The predicted molar refractivity (Wildman–Crippen MR) is 57.3 cm³/mol. The van der Waals surface area contributed by atoms with Gasteiger partial charge >= 0.3 is 0 Å². The minimum atomic E-state index is 0.249. The van der Waals surface area contributed by atoms with Crippen molar-refractivity contribution in [2.45, 2.75) is 20.3 Å². The molecule has 0 aromatic heterocycles. The lowest BCUT2D eigenvalue weighted by molar-refractivity contribution is 0.0461. The minimum absolute atomic E-state index is 0.249. The van der Waals surface area contributed by atoms with Crippen LogP contribution >= 0.6 is 15.9 Å². The van der Waals surface area contributed by atoms with E-state index in [1.54, 1.807) is 0 Å². The number of halogens is 1. The molecule has 0 radical (unpaired) electrons. The molecule has 0 bridgehead atoms. The van der Waals surface area contributed by atoms with Gasteiger partial charge in [0, 0.05) is 17.9 Å². The number of ether oxygens (including phenoxy) is 2. The zero-order valence-electron chi connectivity index (χ0n) is 8.51. The molecule has 0 aliphatic carbocycles. The molecule has 1 fully saturated rings. The molecule has 1 aliphatic rings. The van der Waals surface area contributed by atoms with Crippen LogP contribution in [-0.4, -0.2) is 31.8 Å². The van der Waals surface area contributed by atoms with E-state index in [-0.39, 0.29) is 5.41 Å². The predicted octanol–water partition coefficient (Wildman–Crippen LogP) is 2.46. The summed E-state index contributed by atoms with van der Waals surface area (Å²) in [6.07, 6.45) is 1.16. The molecule has 2 nitrogen and oxygen atoms in total. The summed E-state index contributed by atoms with van der Waals surface area (Å²) in [6.45, 7) is 7.88. The van der Waals surface area contributed by atoms with Gasteiger partial charge in [0.05, 0.1) is 19.8 Å². The fourth-order valence-corrected chi connectivity index (χ4v) is 1.42.